The van der Waals surface area contributed by atoms with Crippen molar-refractivity contribution in [1.82, 2.24) is 9.97 Å². The van der Waals surface area contributed by atoms with Crippen LogP contribution in [0.5, 0.6) is 0 Å². The van der Waals surface area contributed by atoms with Gasteiger partial charge in [0, 0.05) is 0 Å². The van der Waals surface area contributed by atoms with Gasteiger partial charge in [-0.15, -0.1) is 0 Å². The number of carbonyl (C=O) groups is 1. The van der Waals surface area contributed by atoms with Gasteiger partial charge in [0.2, 0.25) is 0 Å². The topological polar surface area (TPSA) is 75.2 Å². The number of aliphatic hydroxyl groups excluding tert-OH is 1. The highest BCUT2D eigenvalue weighted by Crippen LogP contribution is 2.18. The number of nitrogens with one attached hydrogen (secondary N) is 1. The number of H-pyrrole nitrogens is 1. The highest BCUT2D eigenvalue weighted by Gasteiger charge is 2.16. The monoisotopic (exact) mass is 220 g/mol. The Balaban J connectivity index is 2.23. The summed E-state index contributed by atoms with van der Waals surface area (Å²) in [7, 11) is 1.29. The number of benzene rings is 1. The Kier molecular flexibility index (Phi) is 2.87. The van der Waals surface area contributed by atoms with E-state index in [0.29, 0.717) is 5.82 Å². The molecule has 84 valence electrons. The summed E-state index contributed by atoms with van der Waals surface area (Å²) in [6, 6.07) is 7.42. The smallest absolute Gasteiger partial charge is 0.308 e. The third kappa shape index (κ3) is 2.04. The van der Waals surface area contributed by atoms with Crippen molar-refractivity contribution in [3.05, 3.63) is 30.1 Å². The lowest BCUT2D eigenvalue weighted by molar-refractivity contribution is -0.143. The SMILES string of the molecule is COC(=O)CC(O)c1nc2ccccc2[nH]1. The Morgan fingerprint density at radius 2 is 2.31 bits per heavy atom. The van der Waals surface area contributed by atoms with Gasteiger partial charge in [-0.3, -0.25) is 4.79 Å². The van der Waals surface area contributed by atoms with E-state index in [4.69, 9.17) is 0 Å². The summed E-state index contributed by atoms with van der Waals surface area (Å²) in [4.78, 5) is 18.1. The first kappa shape index (κ1) is 10.6. The Hall–Kier alpha value is -1.88. The second-order valence-corrected chi connectivity index (χ2v) is 3.44. The van der Waals surface area contributed by atoms with Crippen molar-refractivity contribution in [3.63, 3.8) is 0 Å². The number of imidazole rings is 1. The minimum absolute atomic E-state index is 0.101. The van der Waals surface area contributed by atoms with Gasteiger partial charge in [0.15, 0.2) is 0 Å². The molecule has 2 aromatic rings. The number of hydrogen-bond acceptors (Lipinski definition) is 4. The average molecular weight is 220 g/mol. The van der Waals surface area contributed by atoms with Crippen LogP contribution in [0.1, 0.15) is 18.3 Å². The molecule has 0 saturated heterocycles. The summed E-state index contributed by atoms with van der Waals surface area (Å²) in [6.07, 6.45) is -1.06. The summed E-state index contributed by atoms with van der Waals surface area (Å²) in [6.45, 7) is 0. The Bertz CT molecular complexity index is 474. The predicted octanol–water partition coefficient (Wildman–Crippen LogP) is 1.16. The number of para-hydroxylation sites is 2. The molecular weight excluding hydrogens is 208 g/mol. The van der Waals surface area contributed by atoms with Crippen molar-refractivity contribution in [1.29, 1.82) is 0 Å². The zero-order chi connectivity index (χ0) is 11.5. The minimum Gasteiger partial charge on any atom is -0.469 e. The van der Waals surface area contributed by atoms with Crippen LogP contribution in [0.25, 0.3) is 11.0 Å². The number of aromatic amines is 1. The molecule has 5 heteroatoms. The van der Waals surface area contributed by atoms with E-state index < -0.39 is 12.1 Å². The van der Waals surface area contributed by atoms with Gasteiger partial charge in [-0.25, -0.2) is 4.98 Å². The molecule has 1 aromatic heterocycles. The van der Waals surface area contributed by atoms with Crippen LogP contribution in [-0.4, -0.2) is 28.2 Å². The number of nitrogens with zero attached hydrogens (tertiary/aromatic N) is 1. The van der Waals surface area contributed by atoms with Crippen LogP contribution in [0.4, 0.5) is 0 Å². The molecular formula is C11H12N2O3. The van der Waals surface area contributed by atoms with Crippen LogP contribution < -0.4 is 0 Å². The maximum absolute atomic E-state index is 11.0. The number of fused-ring (bicyclic) bond motifs is 1. The van der Waals surface area contributed by atoms with E-state index in [1.165, 1.54) is 7.11 Å². The largest absolute Gasteiger partial charge is 0.469 e. The van der Waals surface area contributed by atoms with E-state index in [0.717, 1.165) is 11.0 Å². The van der Waals surface area contributed by atoms with Crippen LogP contribution in [0, 0.1) is 0 Å². The van der Waals surface area contributed by atoms with Crippen LogP contribution in [-0.2, 0) is 9.53 Å². The van der Waals surface area contributed by atoms with E-state index >= 15 is 0 Å². The molecule has 0 saturated carbocycles. The van der Waals surface area contributed by atoms with Crippen LogP contribution in [0.3, 0.4) is 0 Å². The second kappa shape index (κ2) is 4.32. The molecule has 0 spiro atoms. The van der Waals surface area contributed by atoms with Gasteiger partial charge in [-0.1, -0.05) is 12.1 Å². The first-order chi connectivity index (χ1) is 7.70. The normalized spacial score (nSPS) is 12.6. The number of aromatic nitrogens is 2. The number of hydrogen-bond donors (Lipinski definition) is 2. The third-order valence-corrected chi connectivity index (χ3v) is 2.31. The minimum atomic E-state index is -0.958. The van der Waals surface area contributed by atoms with E-state index in [-0.39, 0.29) is 6.42 Å². The molecule has 1 unspecified atom stereocenters. The summed E-state index contributed by atoms with van der Waals surface area (Å²) >= 11 is 0. The summed E-state index contributed by atoms with van der Waals surface area (Å²) < 4.78 is 4.48. The predicted molar refractivity (Wildman–Crippen MR) is 57.7 cm³/mol. The molecule has 2 rings (SSSR count). The van der Waals surface area contributed by atoms with Crippen LogP contribution >= 0.6 is 0 Å². The van der Waals surface area contributed by atoms with Crippen LogP contribution in [0.2, 0.25) is 0 Å². The van der Waals surface area contributed by atoms with Gasteiger partial charge in [-0.05, 0) is 12.1 Å². The summed E-state index contributed by atoms with van der Waals surface area (Å²) in [5.74, 6) is -0.0837. The van der Waals surface area contributed by atoms with Crippen molar-refractivity contribution in [2.75, 3.05) is 7.11 Å². The van der Waals surface area contributed by atoms with Crippen molar-refractivity contribution in [2.24, 2.45) is 0 Å². The lowest BCUT2D eigenvalue weighted by atomic mass is 10.2. The van der Waals surface area contributed by atoms with Gasteiger partial charge < -0.3 is 14.8 Å². The molecule has 2 N–H and O–H groups in total. The molecule has 0 bridgehead atoms. The maximum Gasteiger partial charge on any atom is 0.308 e. The quantitative estimate of drug-likeness (QED) is 0.761. The zero-order valence-corrected chi connectivity index (χ0v) is 8.80. The van der Waals surface area contributed by atoms with Crippen molar-refractivity contribution < 1.29 is 14.6 Å². The lowest BCUT2D eigenvalue weighted by Crippen LogP contribution is -2.09. The van der Waals surface area contributed by atoms with Gasteiger partial charge in [-0.2, -0.15) is 0 Å². The number of ether oxygens (including phenoxy) is 1. The fourth-order valence-corrected chi connectivity index (χ4v) is 1.47. The molecule has 0 aliphatic heterocycles. The Morgan fingerprint density at radius 1 is 1.56 bits per heavy atom. The van der Waals surface area contributed by atoms with Gasteiger partial charge in [0.1, 0.15) is 11.9 Å². The van der Waals surface area contributed by atoms with Crippen LogP contribution in [0.15, 0.2) is 24.3 Å². The molecule has 0 aliphatic carbocycles. The molecule has 0 fully saturated rings. The number of rotatable bonds is 3. The molecule has 16 heavy (non-hydrogen) atoms. The van der Waals surface area contributed by atoms with E-state index in [1.54, 1.807) is 0 Å². The summed E-state index contributed by atoms with van der Waals surface area (Å²) in [5.41, 5.74) is 1.60. The molecule has 0 amide bonds. The highest BCUT2D eigenvalue weighted by molar-refractivity contribution is 5.75. The second-order valence-electron chi connectivity index (χ2n) is 3.44. The third-order valence-electron chi connectivity index (χ3n) is 2.31. The molecule has 1 atom stereocenters. The van der Waals surface area contributed by atoms with E-state index in [1.807, 2.05) is 24.3 Å². The highest BCUT2D eigenvalue weighted by atomic mass is 16.5. The standard InChI is InChI=1S/C11H12N2O3/c1-16-10(15)6-9(14)11-12-7-4-2-3-5-8(7)13-11/h2-5,9,14H,6H2,1H3,(H,12,13). The Morgan fingerprint density at radius 3 is 3.00 bits per heavy atom. The first-order valence-corrected chi connectivity index (χ1v) is 4.90. The fourth-order valence-electron chi connectivity index (χ4n) is 1.47. The van der Waals surface area contributed by atoms with Gasteiger partial charge in [0.05, 0.1) is 24.6 Å². The first-order valence-electron chi connectivity index (χ1n) is 4.90. The van der Waals surface area contributed by atoms with Crippen molar-refractivity contribution >= 4 is 17.0 Å². The van der Waals surface area contributed by atoms with Crippen molar-refractivity contribution in [2.45, 2.75) is 12.5 Å². The molecule has 0 aliphatic rings. The molecule has 1 aromatic carbocycles. The maximum atomic E-state index is 11.0. The average Bonchev–Trinajstić information content (AvgIpc) is 2.72. The Labute approximate surface area is 92.1 Å². The lowest BCUT2D eigenvalue weighted by Gasteiger charge is -2.04. The van der Waals surface area contributed by atoms with E-state index in [2.05, 4.69) is 14.7 Å². The number of methoxy groups -OCH3 is 1. The fraction of sp³-hybridized carbons (Fsp3) is 0.273. The van der Waals surface area contributed by atoms with Gasteiger partial charge in [0.25, 0.3) is 0 Å². The number of esters is 1. The van der Waals surface area contributed by atoms with Gasteiger partial charge >= 0.3 is 5.97 Å². The molecule has 0 radical (unpaired) electrons. The zero-order valence-electron chi connectivity index (χ0n) is 8.80. The molecule has 5 nitrogen and oxygen atoms in total. The van der Waals surface area contributed by atoms with E-state index in [9.17, 15) is 9.90 Å². The molecule has 1 heterocycles. The number of aliphatic hydroxyl groups is 1. The number of carbonyl (C=O) groups excluding carboxylic acids is 1. The summed E-state index contributed by atoms with van der Waals surface area (Å²) in [5, 5.41) is 9.73. The van der Waals surface area contributed by atoms with Crippen molar-refractivity contribution in [3.8, 4) is 0 Å².